The lowest BCUT2D eigenvalue weighted by molar-refractivity contribution is 0.528. The van der Waals surface area contributed by atoms with Crippen molar-refractivity contribution in [1.29, 1.82) is 0 Å². The van der Waals surface area contributed by atoms with Crippen LogP contribution in [0.5, 0.6) is 0 Å². The maximum Gasteiger partial charge on any atom is 0.186 e. The van der Waals surface area contributed by atoms with Gasteiger partial charge in [0, 0.05) is 68.8 Å². The molecule has 0 amide bonds. The van der Waals surface area contributed by atoms with Gasteiger partial charge in [0.25, 0.3) is 0 Å². The topological polar surface area (TPSA) is 40.1 Å². The van der Waals surface area contributed by atoms with Crippen molar-refractivity contribution < 1.29 is 4.42 Å². The van der Waals surface area contributed by atoms with Crippen molar-refractivity contribution in [3.8, 4) is 22.3 Å². The molecule has 0 fully saturated rings. The molecule has 0 atom stereocenters. The van der Waals surface area contributed by atoms with E-state index >= 15 is 0 Å². The molecule has 0 spiro atoms. The third kappa shape index (κ3) is 7.27. The smallest absolute Gasteiger partial charge is 0.186 e. The first-order chi connectivity index (χ1) is 28.1. The van der Waals surface area contributed by atoms with Gasteiger partial charge in [-0.2, -0.15) is 0 Å². The highest BCUT2D eigenvalue weighted by atomic mass is 16.3. The number of benzene rings is 6. The fourth-order valence-electron chi connectivity index (χ4n) is 8.19. The highest BCUT2D eigenvalue weighted by molar-refractivity contribution is 6.10. The number of fused-ring (bicyclic) bond motifs is 6. The largest absolute Gasteiger partial charge is 0.457 e. The van der Waals surface area contributed by atoms with E-state index in [1.54, 1.807) is 0 Å². The number of aryl methyl sites for hydroxylation is 2. The summed E-state index contributed by atoms with van der Waals surface area (Å²) in [5, 5.41) is 5.18. The van der Waals surface area contributed by atoms with Crippen molar-refractivity contribution in [3.63, 3.8) is 0 Å². The highest BCUT2D eigenvalue weighted by Gasteiger charge is 2.13. The number of aromatic nitrogens is 2. The Morgan fingerprint density at radius 1 is 0.439 bits per heavy atom. The number of para-hydroxylation sites is 2. The SMILES string of the molecule is CCCCn1c2ccccc2c2cc(-c3ccc(/C=C/c4cc(=O)cc(/C=C/c5ccc(-c6ccc7c(c6)c6ccccc6n7CCCC)cc5)o4)cc3)ccc21. The Kier molecular flexibility index (Phi) is 10.0. The normalized spacial score (nSPS) is 12.0. The zero-order valence-electron chi connectivity index (χ0n) is 32.6. The molecule has 0 saturated heterocycles. The van der Waals surface area contributed by atoms with Crippen LogP contribution >= 0.6 is 0 Å². The van der Waals surface area contributed by atoms with Crippen molar-refractivity contribution >= 4 is 67.9 Å². The minimum absolute atomic E-state index is 0.0934. The average Bonchev–Trinajstić information content (AvgIpc) is 3.74. The van der Waals surface area contributed by atoms with Gasteiger partial charge in [-0.1, -0.05) is 136 Å². The summed E-state index contributed by atoms with van der Waals surface area (Å²) in [6.07, 6.45) is 12.4. The van der Waals surface area contributed by atoms with Crippen LogP contribution in [0.15, 0.2) is 155 Å². The first-order valence-electron chi connectivity index (χ1n) is 20.3. The minimum Gasteiger partial charge on any atom is -0.457 e. The molecule has 0 aliphatic carbocycles. The second-order valence-electron chi connectivity index (χ2n) is 15.0. The molecule has 0 unspecified atom stereocenters. The van der Waals surface area contributed by atoms with E-state index in [1.165, 1.54) is 90.8 Å². The molecule has 0 N–H and O–H groups in total. The van der Waals surface area contributed by atoms with Gasteiger partial charge in [-0.05, 0) is 94.8 Å². The van der Waals surface area contributed by atoms with Gasteiger partial charge in [-0.15, -0.1) is 0 Å². The molecule has 0 radical (unpaired) electrons. The Morgan fingerprint density at radius 2 is 0.842 bits per heavy atom. The van der Waals surface area contributed by atoms with E-state index in [0.29, 0.717) is 11.5 Å². The van der Waals surface area contributed by atoms with E-state index in [4.69, 9.17) is 4.42 Å². The third-order valence-electron chi connectivity index (χ3n) is 11.2. The maximum absolute atomic E-state index is 12.7. The molecule has 4 nitrogen and oxygen atoms in total. The molecule has 0 bridgehead atoms. The van der Waals surface area contributed by atoms with E-state index in [1.807, 2.05) is 24.3 Å². The fraction of sp³-hybridized carbons (Fsp3) is 0.151. The monoisotopic (exact) mass is 742 g/mol. The van der Waals surface area contributed by atoms with Crippen molar-refractivity contribution in [3.05, 3.63) is 178 Å². The van der Waals surface area contributed by atoms with E-state index in [2.05, 4.69) is 156 Å². The van der Waals surface area contributed by atoms with Crippen molar-refractivity contribution in [1.82, 2.24) is 9.13 Å². The Bertz CT molecular complexity index is 2790. The zero-order chi connectivity index (χ0) is 38.7. The van der Waals surface area contributed by atoms with Gasteiger partial charge in [0.2, 0.25) is 0 Å². The van der Waals surface area contributed by atoms with Crippen molar-refractivity contribution in [2.75, 3.05) is 0 Å². The Balaban J connectivity index is 0.898. The summed E-state index contributed by atoms with van der Waals surface area (Å²) in [4.78, 5) is 12.7. The molecule has 4 heteroatoms. The minimum atomic E-state index is -0.0934. The molecule has 0 aliphatic rings. The van der Waals surface area contributed by atoms with Crippen molar-refractivity contribution in [2.45, 2.75) is 52.6 Å². The van der Waals surface area contributed by atoms with Crippen molar-refractivity contribution in [2.24, 2.45) is 0 Å². The molecule has 0 aliphatic heterocycles. The number of nitrogens with zero attached hydrogens (tertiary/aromatic N) is 2. The Hall–Kier alpha value is -6.65. The summed E-state index contributed by atoms with van der Waals surface area (Å²) in [6, 6.07) is 51.2. The van der Waals surface area contributed by atoms with Crippen LogP contribution in [-0.2, 0) is 13.1 Å². The zero-order valence-corrected chi connectivity index (χ0v) is 32.6. The number of rotatable bonds is 12. The molecule has 57 heavy (non-hydrogen) atoms. The van der Waals surface area contributed by atoms with Gasteiger partial charge in [-0.25, -0.2) is 0 Å². The lowest BCUT2D eigenvalue weighted by Crippen LogP contribution is -1.98. The van der Waals surface area contributed by atoms with Gasteiger partial charge in [0.15, 0.2) is 5.43 Å². The molecule has 0 saturated carbocycles. The molecule has 6 aromatic carbocycles. The molecule has 3 aromatic heterocycles. The van der Waals surface area contributed by atoms with Crippen LogP contribution in [0.2, 0.25) is 0 Å². The summed E-state index contributed by atoms with van der Waals surface area (Å²) < 4.78 is 11.0. The molecular formula is C53H46N2O2. The van der Waals surface area contributed by atoms with Crippen LogP contribution in [0.4, 0.5) is 0 Å². The van der Waals surface area contributed by atoms with Gasteiger partial charge in [0.05, 0.1) is 0 Å². The standard InChI is InChI=1S/C53H46N2O2/c1-3-5-31-54-50-13-9-7-11-46(50)48-33-41(25-29-52(48)54)39-21-15-37(16-22-39)19-27-44-35-43(56)36-45(57-44)28-20-38-17-23-40(24-18-38)42-26-30-53-49(34-42)47-12-8-10-14-51(47)55(53)32-6-4-2/h7-30,33-36H,3-6,31-32H2,1-2H3/b27-19+,28-20+. The van der Waals surface area contributed by atoms with E-state index < -0.39 is 0 Å². The predicted octanol–water partition coefficient (Wildman–Crippen LogP) is 14.1. The quantitative estimate of drug-likeness (QED) is 0.125. The molecule has 9 rings (SSSR count). The summed E-state index contributed by atoms with van der Waals surface area (Å²) in [7, 11) is 0. The first kappa shape index (κ1) is 36.0. The molecule has 280 valence electrons. The van der Waals surface area contributed by atoms with Crippen LogP contribution in [-0.4, -0.2) is 9.13 Å². The molecular weight excluding hydrogens is 697 g/mol. The predicted molar refractivity (Wildman–Crippen MR) is 242 cm³/mol. The number of hydrogen-bond acceptors (Lipinski definition) is 2. The lowest BCUT2D eigenvalue weighted by atomic mass is 10.0. The lowest BCUT2D eigenvalue weighted by Gasteiger charge is -2.07. The fourth-order valence-corrected chi connectivity index (χ4v) is 8.19. The summed E-state index contributed by atoms with van der Waals surface area (Å²) in [5.74, 6) is 1.02. The molecule has 3 heterocycles. The van der Waals surface area contributed by atoms with Gasteiger partial charge in [-0.3, -0.25) is 4.79 Å². The third-order valence-corrected chi connectivity index (χ3v) is 11.2. The highest BCUT2D eigenvalue weighted by Crippen LogP contribution is 2.35. The van der Waals surface area contributed by atoms with E-state index in [9.17, 15) is 4.79 Å². The van der Waals surface area contributed by atoms with Gasteiger partial charge in [0.1, 0.15) is 11.5 Å². The maximum atomic E-state index is 12.7. The van der Waals surface area contributed by atoms with Crippen LogP contribution in [0.25, 0.3) is 90.2 Å². The van der Waals surface area contributed by atoms with E-state index in [-0.39, 0.29) is 5.43 Å². The van der Waals surface area contributed by atoms with Gasteiger partial charge >= 0.3 is 0 Å². The second kappa shape index (κ2) is 15.8. The Labute approximate surface area is 333 Å². The first-order valence-corrected chi connectivity index (χ1v) is 20.3. The number of hydrogen-bond donors (Lipinski definition) is 0. The second-order valence-corrected chi connectivity index (χ2v) is 15.0. The van der Waals surface area contributed by atoms with Crippen LogP contribution in [0.1, 0.15) is 62.2 Å². The van der Waals surface area contributed by atoms with Crippen LogP contribution in [0.3, 0.4) is 0 Å². The summed E-state index contributed by atoms with van der Waals surface area (Å²) in [5.41, 5.74) is 11.9. The Morgan fingerprint density at radius 3 is 1.28 bits per heavy atom. The number of unbranched alkanes of at least 4 members (excludes halogenated alkanes) is 2. The van der Waals surface area contributed by atoms with Crippen LogP contribution < -0.4 is 5.43 Å². The summed E-state index contributed by atoms with van der Waals surface area (Å²) >= 11 is 0. The van der Waals surface area contributed by atoms with E-state index in [0.717, 1.165) is 37.1 Å². The van der Waals surface area contributed by atoms with Gasteiger partial charge < -0.3 is 13.6 Å². The molecule has 9 aromatic rings. The summed E-state index contributed by atoms with van der Waals surface area (Å²) in [6.45, 7) is 6.54. The van der Waals surface area contributed by atoms with Crippen LogP contribution in [0, 0.1) is 0 Å². The average molecular weight is 743 g/mol.